The number of esters is 1. The lowest BCUT2D eigenvalue weighted by Crippen LogP contribution is -2.10. The van der Waals surface area contributed by atoms with Crippen LogP contribution in [0.25, 0.3) is 11.1 Å². The summed E-state index contributed by atoms with van der Waals surface area (Å²) in [5, 5.41) is 13.3. The highest BCUT2D eigenvalue weighted by molar-refractivity contribution is 6.00. The summed E-state index contributed by atoms with van der Waals surface area (Å²) in [6.45, 7) is 0. The van der Waals surface area contributed by atoms with Crippen LogP contribution in [0.3, 0.4) is 0 Å². The molecule has 0 saturated carbocycles. The van der Waals surface area contributed by atoms with Crippen LogP contribution in [0.1, 0.15) is 39.4 Å². The summed E-state index contributed by atoms with van der Waals surface area (Å²) in [6.07, 6.45) is 3.92. The van der Waals surface area contributed by atoms with Crippen LogP contribution in [0.2, 0.25) is 0 Å². The van der Waals surface area contributed by atoms with E-state index in [-0.39, 0.29) is 11.9 Å². The summed E-state index contributed by atoms with van der Waals surface area (Å²) in [6, 6.07) is 29.6. The highest BCUT2D eigenvalue weighted by Crippen LogP contribution is 2.31. The molecule has 0 fully saturated rings. The standard InChI is InChI=1S/C28H24N2O3/c1-33-28(31)25-13-9-21(10-14-25)20-7-11-23(12-8-20)26(22-5-3-2-4-6-22)19-27(30-32)24-15-17-29-18-16-24/h2-18,26,32H,19H2,1H3/b30-27+. The van der Waals surface area contributed by atoms with Gasteiger partial charge < -0.3 is 9.94 Å². The van der Waals surface area contributed by atoms with Gasteiger partial charge in [-0.3, -0.25) is 4.98 Å². The third-order valence-electron chi connectivity index (χ3n) is 5.69. The van der Waals surface area contributed by atoms with E-state index in [1.807, 2.05) is 42.5 Å². The second kappa shape index (κ2) is 10.4. The van der Waals surface area contributed by atoms with Crippen LogP contribution in [0.15, 0.2) is 109 Å². The smallest absolute Gasteiger partial charge is 0.337 e. The molecule has 0 aliphatic heterocycles. The monoisotopic (exact) mass is 436 g/mol. The number of hydrogen-bond acceptors (Lipinski definition) is 5. The molecule has 1 atom stereocenters. The molecule has 0 saturated heterocycles. The summed E-state index contributed by atoms with van der Waals surface area (Å²) in [5.41, 5.74) is 6.29. The predicted molar refractivity (Wildman–Crippen MR) is 129 cm³/mol. The Balaban J connectivity index is 1.63. The van der Waals surface area contributed by atoms with E-state index in [9.17, 15) is 10.0 Å². The van der Waals surface area contributed by atoms with Crippen LogP contribution >= 0.6 is 0 Å². The SMILES string of the molecule is COC(=O)c1ccc(-c2ccc(C(C/C(=N\O)c3ccncc3)c3ccccc3)cc2)cc1. The minimum atomic E-state index is -0.349. The molecule has 1 aromatic heterocycles. The molecule has 4 rings (SSSR count). The number of hydrogen-bond donors (Lipinski definition) is 1. The van der Waals surface area contributed by atoms with Crippen molar-refractivity contribution >= 4 is 11.7 Å². The lowest BCUT2D eigenvalue weighted by Gasteiger charge is -2.19. The summed E-state index contributed by atoms with van der Waals surface area (Å²) in [7, 11) is 1.37. The van der Waals surface area contributed by atoms with Crippen molar-refractivity contribution in [3.8, 4) is 11.1 Å². The maximum Gasteiger partial charge on any atom is 0.337 e. The molecule has 5 heteroatoms. The fourth-order valence-corrected chi connectivity index (χ4v) is 3.89. The van der Waals surface area contributed by atoms with Crippen molar-refractivity contribution in [1.29, 1.82) is 0 Å². The Bertz CT molecular complexity index is 1220. The van der Waals surface area contributed by atoms with E-state index in [1.54, 1.807) is 24.5 Å². The van der Waals surface area contributed by atoms with Crippen LogP contribution in [0.4, 0.5) is 0 Å². The first-order valence-electron chi connectivity index (χ1n) is 10.6. The number of carbonyl (C=O) groups is 1. The molecule has 4 aromatic rings. The molecule has 0 spiro atoms. The van der Waals surface area contributed by atoms with Crippen molar-refractivity contribution in [1.82, 2.24) is 4.98 Å². The molecule has 5 nitrogen and oxygen atoms in total. The van der Waals surface area contributed by atoms with Gasteiger partial charge in [0, 0.05) is 30.3 Å². The number of aromatic nitrogens is 1. The number of carbonyl (C=O) groups excluding carboxylic acids is 1. The Morgan fingerprint density at radius 3 is 1.97 bits per heavy atom. The average molecular weight is 437 g/mol. The fraction of sp³-hybridized carbons (Fsp3) is 0.107. The average Bonchev–Trinajstić information content (AvgIpc) is 2.90. The van der Waals surface area contributed by atoms with Gasteiger partial charge in [-0.2, -0.15) is 0 Å². The topological polar surface area (TPSA) is 71.8 Å². The second-order valence-corrected chi connectivity index (χ2v) is 7.64. The van der Waals surface area contributed by atoms with E-state index in [1.165, 1.54) is 7.11 Å². The zero-order valence-corrected chi connectivity index (χ0v) is 18.3. The molecular formula is C28H24N2O3. The largest absolute Gasteiger partial charge is 0.465 e. The zero-order chi connectivity index (χ0) is 23.0. The highest BCUT2D eigenvalue weighted by atomic mass is 16.5. The van der Waals surface area contributed by atoms with Crippen LogP contribution in [-0.4, -0.2) is 29.0 Å². The molecular weight excluding hydrogens is 412 g/mol. The van der Waals surface area contributed by atoms with Gasteiger partial charge in [-0.15, -0.1) is 0 Å². The van der Waals surface area contributed by atoms with E-state index in [0.29, 0.717) is 17.7 Å². The minimum Gasteiger partial charge on any atom is -0.465 e. The molecule has 3 aromatic carbocycles. The number of rotatable bonds is 7. The van der Waals surface area contributed by atoms with Gasteiger partial charge in [-0.1, -0.05) is 71.9 Å². The Morgan fingerprint density at radius 1 is 0.818 bits per heavy atom. The van der Waals surface area contributed by atoms with Gasteiger partial charge in [0.05, 0.1) is 18.4 Å². The quantitative estimate of drug-likeness (QED) is 0.169. The van der Waals surface area contributed by atoms with Crippen molar-refractivity contribution < 1.29 is 14.7 Å². The molecule has 0 bridgehead atoms. The van der Waals surface area contributed by atoms with Crippen molar-refractivity contribution in [3.63, 3.8) is 0 Å². The molecule has 0 radical (unpaired) electrons. The number of oxime groups is 1. The van der Waals surface area contributed by atoms with Crippen molar-refractivity contribution in [2.75, 3.05) is 7.11 Å². The number of nitrogens with zero attached hydrogens (tertiary/aromatic N) is 2. The Labute approximate surface area is 193 Å². The van der Waals surface area contributed by atoms with Crippen molar-refractivity contribution in [3.05, 3.63) is 126 Å². The second-order valence-electron chi connectivity index (χ2n) is 7.64. The minimum absolute atomic E-state index is 0.0148. The van der Waals surface area contributed by atoms with Gasteiger partial charge in [0.2, 0.25) is 0 Å². The van der Waals surface area contributed by atoms with E-state index in [0.717, 1.165) is 27.8 Å². The molecule has 0 aliphatic rings. The maximum absolute atomic E-state index is 11.7. The van der Waals surface area contributed by atoms with Crippen LogP contribution < -0.4 is 0 Å². The lowest BCUT2D eigenvalue weighted by atomic mass is 9.85. The van der Waals surface area contributed by atoms with E-state index in [2.05, 4.69) is 46.5 Å². The van der Waals surface area contributed by atoms with Gasteiger partial charge >= 0.3 is 5.97 Å². The Hall–Kier alpha value is -4.25. The first-order chi connectivity index (χ1) is 16.2. The van der Waals surface area contributed by atoms with Crippen molar-refractivity contribution in [2.24, 2.45) is 5.16 Å². The van der Waals surface area contributed by atoms with E-state index < -0.39 is 0 Å². The Morgan fingerprint density at radius 2 is 1.39 bits per heavy atom. The number of ether oxygens (including phenoxy) is 1. The number of methoxy groups -OCH3 is 1. The predicted octanol–water partition coefficient (Wildman–Crippen LogP) is 5.94. The molecule has 164 valence electrons. The Kier molecular flexibility index (Phi) is 6.90. The summed E-state index contributed by atoms with van der Waals surface area (Å²) < 4.78 is 4.77. The van der Waals surface area contributed by atoms with Gasteiger partial charge in [-0.05, 0) is 46.5 Å². The first kappa shape index (κ1) is 22.0. The van der Waals surface area contributed by atoms with E-state index >= 15 is 0 Å². The number of benzene rings is 3. The van der Waals surface area contributed by atoms with Crippen molar-refractivity contribution in [2.45, 2.75) is 12.3 Å². The third kappa shape index (κ3) is 5.15. The lowest BCUT2D eigenvalue weighted by molar-refractivity contribution is 0.0600. The van der Waals surface area contributed by atoms with Crippen LogP contribution in [0, 0.1) is 0 Å². The summed E-state index contributed by atoms with van der Waals surface area (Å²) in [5.74, 6) is -0.334. The normalized spacial score (nSPS) is 12.2. The van der Waals surface area contributed by atoms with Gasteiger partial charge in [0.1, 0.15) is 0 Å². The number of pyridine rings is 1. The summed E-state index contributed by atoms with van der Waals surface area (Å²) in [4.78, 5) is 15.7. The molecule has 0 aliphatic carbocycles. The molecule has 1 heterocycles. The van der Waals surface area contributed by atoms with Crippen LogP contribution in [0.5, 0.6) is 0 Å². The third-order valence-corrected chi connectivity index (χ3v) is 5.69. The van der Waals surface area contributed by atoms with Crippen LogP contribution in [-0.2, 0) is 4.74 Å². The highest BCUT2D eigenvalue weighted by Gasteiger charge is 2.19. The van der Waals surface area contributed by atoms with Gasteiger partial charge in [0.15, 0.2) is 0 Å². The molecule has 0 amide bonds. The molecule has 1 unspecified atom stereocenters. The first-order valence-corrected chi connectivity index (χ1v) is 10.6. The molecule has 1 N–H and O–H groups in total. The molecule has 33 heavy (non-hydrogen) atoms. The summed E-state index contributed by atoms with van der Waals surface area (Å²) >= 11 is 0. The van der Waals surface area contributed by atoms with Gasteiger partial charge in [-0.25, -0.2) is 4.79 Å². The maximum atomic E-state index is 11.7. The zero-order valence-electron chi connectivity index (χ0n) is 18.3. The van der Waals surface area contributed by atoms with E-state index in [4.69, 9.17) is 4.74 Å². The van der Waals surface area contributed by atoms with Gasteiger partial charge in [0.25, 0.3) is 0 Å². The fourth-order valence-electron chi connectivity index (χ4n) is 3.89.